The molecule has 0 aliphatic carbocycles. The van der Waals surface area contributed by atoms with Crippen LogP contribution in [0.4, 0.5) is 0 Å². The molecule has 1 aliphatic rings. The minimum Gasteiger partial charge on any atom is -0.330 e. The van der Waals surface area contributed by atoms with Gasteiger partial charge >= 0.3 is 0 Å². The van der Waals surface area contributed by atoms with Gasteiger partial charge in [-0.05, 0) is 49.2 Å². The van der Waals surface area contributed by atoms with E-state index in [1.54, 1.807) is 6.20 Å². The van der Waals surface area contributed by atoms with Crippen molar-refractivity contribution in [1.29, 1.82) is 0 Å². The van der Waals surface area contributed by atoms with Crippen LogP contribution in [0.25, 0.3) is 0 Å². The molecule has 1 aromatic carbocycles. The molecule has 0 radical (unpaired) electrons. The van der Waals surface area contributed by atoms with E-state index < -0.39 is 0 Å². The van der Waals surface area contributed by atoms with Gasteiger partial charge in [0.1, 0.15) is 0 Å². The quantitative estimate of drug-likeness (QED) is 0.838. The van der Waals surface area contributed by atoms with E-state index in [4.69, 9.17) is 0 Å². The number of carbonyl (C=O) groups is 1. The SMILES string of the molecule is O=C(c1ccc(Br)cc1)N1CCC[C@@H]1c1ccccn1. The minimum absolute atomic E-state index is 0.0886. The predicted octanol–water partition coefficient (Wildman–Crippen LogP) is 3.82. The second kappa shape index (κ2) is 5.75. The van der Waals surface area contributed by atoms with Crippen LogP contribution in [-0.2, 0) is 0 Å². The molecule has 0 spiro atoms. The van der Waals surface area contributed by atoms with Gasteiger partial charge < -0.3 is 4.90 Å². The highest BCUT2D eigenvalue weighted by Gasteiger charge is 2.31. The smallest absolute Gasteiger partial charge is 0.254 e. The monoisotopic (exact) mass is 330 g/mol. The summed E-state index contributed by atoms with van der Waals surface area (Å²) in [6.07, 6.45) is 3.80. The summed E-state index contributed by atoms with van der Waals surface area (Å²) in [6.45, 7) is 0.802. The molecule has 3 rings (SSSR count). The lowest BCUT2D eigenvalue weighted by Crippen LogP contribution is -2.30. The first-order chi connectivity index (χ1) is 9.75. The number of hydrogen-bond acceptors (Lipinski definition) is 2. The van der Waals surface area contributed by atoms with Crippen molar-refractivity contribution in [2.24, 2.45) is 0 Å². The highest BCUT2D eigenvalue weighted by atomic mass is 79.9. The Kier molecular flexibility index (Phi) is 3.83. The van der Waals surface area contributed by atoms with E-state index in [2.05, 4.69) is 20.9 Å². The van der Waals surface area contributed by atoms with E-state index in [0.29, 0.717) is 0 Å². The second-order valence-electron chi connectivity index (χ2n) is 4.92. The summed E-state index contributed by atoms with van der Waals surface area (Å²) in [6, 6.07) is 13.5. The molecule has 102 valence electrons. The van der Waals surface area contributed by atoms with Gasteiger partial charge in [-0.1, -0.05) is 22.0 Å². The molecule has 1 atom stereocenters. The Hall–Kier alpha value is -1.68. The first-order valence-corrected chi connectivity index (χ1v) is 7.52. The maximum atomic E-state index is 12.6. The summed E-state index contributed by atoms with van der Waals surface area (Å²) in [5.74, 6) is 0.0886. The van der Waals surface area contributed by atoms with Gasteiger partial charge in [0.25, 0.3) is 5.91 Å². The highest BCUT2D eigenvalue weighted by molar-refractivity contribution is 9.10. The standard InChI is InChI=1S/C16H15BrN2O/c17-13-8-6-12(7-9-13)16(20)19-11-3-5-15(19)14-4-1-2-10-18-14/h1-2,4,6-10,15H,3,5,11H2/t15-/m1/s1. The van der Waals surface area contributed by atoms with Crippen LogP contribution < -0.4 is 0 Å². The molecular weight excluding hydrogens is 316 g/mol. The molecule has 2 heterocycles. The average Bonchev–Trinajstić information content (AvgIpc) is 2.97. The van der Waals surface area contributed by atoms with Crippen molar-refractivity contribution in [3.05, 3.63) is 64.4 Å². The number of carbonyl (C=O) groups excluding carboxylic acids is 1. The number of aromatic nitrogens is 1. The molecule has 20 heavy (non-hydrogen) atoms. The fourth-order valence-corrected chi connectivity index (χ4v) is 2.91. The molecule has 1 fully saturated rings. The van der Waals surface area contributed by atoms with Crippen LogP contribution in [0.5, 0.6) is 0 Å². The molecule has 1 saturated heterocycles. The van der Waals surface area contributed by atoms with Crippen molar-refractivity contribution < 1.29 is 4.79 Å². The summed E-state index contributed by atoms with van der Waals surface area (Å²) in [4.78, 5) is 19.0. The summed E-state index contributed by atoms with van der Waals surface area (Å²) >= 11 is 3.39. The summed E-state index contributed by atoms with van der Waals surface area (Å²) < 4.78 is 0.983. The molecule has 3 nitrogen and oxygen atoms in total. The Morgan fingerprint density at radius 2 is 2.00 bits per heavy atom. The average molecular weight is 331 g/mol. The van der Waals surface area contributed by atoms with Gasteiger partial charge in [0.15, 0.2) is 0 Å². The molecule has 0 N–H and O–H groups in total. The van der Waals surface area contributed by atoms with Crippen molar-refractivity contribution in [2.75, 3.05) is 6.54 Å². The third-order valence-electron chi connectivity index (χ3n) is 3.63. The summed E-state index contributed by atoms with van der Waals surface area (Å²) in [7, 11) is 0. The Morgan fingerprint density at radius 3 is 2.70 bits per heavy atom. The number of benzene rings is 1. The lowest BCUT2D eigenvalue weighted by atomic mass is 10.1. The molecule has 1 amide bonds. The van der Waals surface area contributed by atoms with Crippen LogP contribution in [0.15, 0.2) is 53.1 Å². The van der Waals surface area contributed by atoms with Gasteiger partial charge in [-0.2, -0.15) is 0 Å². The van der Waals surface area contributed by atoms with E-state index in [1.807, 2.05) is 47.4 Å². The van der Waals surface area contributed by atoms with Crippen LogP contribution in [0.3, 0.4) is 0 Å². The molecule has 0 bridgehead atoms. The molecule has 0 unspecified atom stereocenters. The van der Waals surface area contributed by atoms with Gasteiger partial charge in [-0.3, -0.25) is 9.78 Å². The minimum atomic E-state index is 0.0886. The number of likely N-dealkylation sites (tertiary alicyclic amines) is 1. The first-order valence-electron chi connectivity index (χ1n) is 6.73. The largest absolute Gasteiger partial charge is 0.330 e. The number of halogens is 1. The van der Waals surface area contributed by atoms with Crippen molar-refractivity contribution >= 4 is 21.8 Å². The van der Waals surface area contributed by atoms with Gasteiger partial charge in [0.05, 0.1) is 11.7 Å². The topological polar surface area (TPSA) is 33.2 Å². The fraction of sp³-hybridized carbons (Fsp3) is 0.250. The van der Waals surface area contributed by atoms with Crippen LogP contribution in [0.2, 0.25) is 0 Å². The predicted molar refractivity (Wildman–Crippen MR) is 81.4 cm³/mol. The lowest BCUT2D eigenvalue weighted by Gasteiger charge is -2.24. The zero-order valence-corrected chi connectivity index (χ0v) is 12.6. The zero-order valence-electron chi connectivity index (χ0n) is 11.0. The summed E-state index contributed by atoms with van der Waals surface area (Å²) in [5.41, 5.74) is 1.71. The maximum absolute atomic E-state index is 12.6. The van der Waals surface area contributed by atoms with E-state index in [1.165, 1.54) is 0 Å². The number of hydrogen-bond donors (Lipinski definition) is 0. The van der Waals surface area contributed by atoms with Crippen LogP contribution in [0.1, 0.15) is 34.9 Å². The highest BCUT2D eigenvalue weighted by Crippen LogP contribution is 2.31. The van der Waals surface area contributed by atoms with Gasteiger partial charge in [-0.15, -0.1) is 0 Å². The zero-order chi connectivity index (χ0) is 13.9. The first kappa shape index (κ1) is 13.3. The maximum Gasteiger partial charge on any atom is 0.254 e. The van der Waals surface area contributed by atoms with Gasteiger partial charge in [0.2, 0.25) is 0 Å². The van der Waals surface area contributed by atoms with E-state index in [9.17, 15) is 4.79 Å². The normalized spacial score (nSPS) is 18.2. The number of amides is 1. The molecule has 0 saturated carbocycles. The van der Waals surface area contributed by atoms with Gasteiger partial charge in [0, 0.05) is 22.8 Å². The molecule has 1 aliphatic heterocycles. The number of nitrogens with zero attached hydrogens (tertiary/aromatic N) is 2. The molecule has 1 aromatic heterocycles. The Labute approximate surface area is 126 Å². The van der Waals surface area contributed by atoms with Crippen molar-refractivity contribution in [3.8, 4) is 0 Å². The summed E-state index contributed by atoms with van der Waals surface area (Å²) in [5, 5.41) is 0. The number of pyridine rings is 1. The Bertz CT molecular complexity index is 598. The van der Waals surface area contributed by atoms with E-state index >= 15 is 0 Å². The third kappa shape index (κ3) is 2.61. The van der Waals surface area contributed by atoms with E-state index in [-0.39, 0.29) is 11.9 Å². The van der Waals surface area contributed by atoms with Crippen molar-refractivity contribution in [1.82, 2.24) is 9.88 Å². The lowest BCUT2D eigenvalue weighted by molar-refractivity contribution is 0.0733. The third-order valence-corrected chi connectivity index (χ3v) is 4.16. The van der Waals surface area contributed by atoms with E-state index in [0.717, 1.165) is 35.1 Å². The van der Waals surface area contributed by atoms with Crippen molar-refractivity contribution in [2.45, 2.75) is 18.9 Å². The molecule has 4 heteroatoms. The van der Waals surface area contributed by atoms with Gasteiger partial charge in [-0.25, -0.2) is 0 Å². The molecule has 2 aromatic rings. The fourth-order valence-electron chi connectivity index (χ4n) is 2.65. The Balaban J connectivity index is 1.85. The van der Waals surface area contributed by atoms with Crippen LogP contribution in [0, 0.1) is 0 Å². The van der Waals surface area contributed by atoms with Crippen LogP contribution in [-0.4, -0.2) is 22.3 Å². The van der Waals surface area contributed by atoms with Crippen LogP contribution >= 0.6 is 15.9 Å². The van der Waals surface area contributed by atoms with Crippen molar-refractivity contribution in [3.63, 3.8) is 0 Å². The Morgan fingerprint density at radius 1 is 1.20 bits per heavy atom. The second-order valence-corrected chi connectivity index (χ2v) is 5.83. The molecular formula is C16H15BrN2O. The number of rotatable bonds is 2.